The largest absolute Gasteiger partial charge is 0.465 e. The second-order valence-corrected chi connectivity index (χ2v) is 16.1. The van der Waals surface area contributed by atoms with Gasteiger partial charge in [-0.15, -0.1) is 0 Å². The van der Waals surface area contributed by atoms with Crippen molar-refractivity contribution in [1.29, 1.82) is 0 Å². The van der Waals surface area contributed by atoms with E-state index in [0.29, 0.717) is 12.0 Å². The summed E-state index contributed by atoms with van der Waals surface area (Å²) in [5.74, 6) is -0.936. The molecule has 20 nitrogen and oxygen atoms in total. The van der Waals surface area contributed by atoms with Gasteiger partial charge in [-0.1, -0.05) is 20.3 Å². The predicted octanol–water partition coefficient (Wildman–Crippen LogP) is 1.22. The Kier molecular flexibility index (Phi) is 16.2. The molecule has 4 rings (SSSR count). The first-order chi connectivity index (χ1) is 27.2. The molecule has 2 heterocycles. The highest BCUT2D eigenvalue weighted by Gasteiger charge is 2.52. The van der Waals surface area contributed by atoms with Crippen LogP contribution in [0, 0.1) is 16.0 Å². The molecule has 3 aliphatic rings. The number of nitro groups is 1. The van der Waals surface area contributed by atoms with Gasteiger partial charge in [0.25, 0.3) is 5.69 Å². The lowest BCUT2D eigenvalue weighted by Crippen LogP contribution is -2.68. The van der Waals surface area contributed by atoms with E-state index in [4.69, 9.17) is 28.4 Å². The highest BCUT2D eigenvalue weighted by atomic mass is 16.7. The number of nitrogens with one attached hydrogen (secondary N) is 4. The van der Waals surface area contributed by atoms with Gasteiger partial charge in [0.2, 0.25) is 12.2 Å². The van der Waals surface area contributed by atoms with E-state index >= 15 is 0 Å². The number of aliphatic hydroxyl groups excluding tert-OH is 3. The molecule has 326 valence electrons. The molecule has 1 aromatic rings. The Morgan fingerprint density at radius 3 is 2.33 bits per heavy atom. The van der Waals surface area contributed by atoms with Crippen molar-refractivity contribution in [2.24, 2.45) is 5.92 Å². The molecule has 0 aromatic heterocycles. The fourth-order valence-electron chi connectivity index (χ4n) is 7.06. The predicted molar refractivity (Wildman–Crippen MR) is 204 cm³/mol. The molecule has 1 saturated heterocycles. The van der Waals surface area contributed by atoms with E-state index in [0.717, 1.165) is 0 Å². The standard InChI is InChI=1S/C38H59N5O15/c1-8-9-26(44)32(47)41-25-16-20(2)29(27(45)30(25)57-34-28(46)31(39-7)38(6,50)19-54-34)56-33-24(42-36(49)58-37(3,4)5)15-14-23(55-33)17-40-35(48)53-18-21-10-12-22(13-11-21)43(51)52/h10-14,20,24-31,33-34,39,44-46,50H,8-9,15-19H2,1-7H3,(H,40,48)(H,41,47)(H,42,49)/t20-,24?,25+,26-,27-,28+,29+,30-,31?,33+,34+,38-/m0/s1. The minimum absolute atomic E-state index is 0.104. The SMILES string of the molecule is CCC[C@H](O)C(=O)N[C@@H]1C[C@H](C)[C@@H](O[C@H]2OC(CNC(=O)OCc3ccc([N+](=O)[O-])cc3)=CCC2NC(=O)OC(C)(C)C)[C@H](O)[C@H]1O[C@H]1OC[C@](C)(O)C(NC)[C@H]1O. The summed E-state index contributed by atoms with van der Waals surface area (Å²) >= 11 is 0. The van der Waals surface area contributed by atoms with Gasteiger partial charge in [-0.2, -0.15) is 0 Å². The lowest BCUT2D eigenvalue weighted by atomic mass is 9.79. The maximum atomic E-state index is 13.0. The van der Waals surface area contributed by atoms with E-state index in [1.165, 1.54) is 31.2 Å². The topological polar surface area (TPSA) is 279 Å². The van der Waals surface area contributed by atoms with E-state index in [-0.39, 0.29) is 50.5 Å². The van der Waals surface area contributed by atoms with Crippen molar-refractivity contribution in [3.63, 3.8) is 0 Å². The maximum Gasteiger partial charge on any atom is 0.408 e. The minimum Gasteiger partial charge on any atom is -0.465 e. The summed E-state index contributed by atoms with van der Waals surface area (Å²) in [6, 6.07) is 2.89. The van der Waals surface area contributed by atoms with Crippen molar-refractivity contribution >= 4 is 23.8 Å². The summed E-state index contributed by atoms with van der Waals surface area (Å²) in [4.78, 5) is 48.9. The van der Waals surface area contributed by atoms with Gasteiger partial charge >= 0.3 is 12.2 Å². The second kappa shape index (κ2) is 20.2. The number of amides is 3. The van der Waals surface area contributed by atoms with Gasteiger partial charge in [0.1, 0.15) is 48.0 Å². The molecular weight excluding hydrogens is 766 g/mol. The molecule has 2 unspecified atom stereocenters. The smallest absolute Gasteiger partial charge is 0.408 e. The molecular formula is C38H59N5O15. The Morgan fingerprint density at radius 1 is 1.03 bits per heavy atom. The number of ether oxygens (including phenoxy) is 6. The van der Waals surface area contributed by atoms with Gasteiger partial charge in [0.05, 0.1) is 42.3 Å². The fraction of sp³-hybridized carbons (Fsp3) is 0.711. The van der Waals surface area contributed by atoms with Crippen molar-refractivity contribution < 1.29 is 68.2 Å². The first-order valence-corrected chi connectivity index (χ1v) is 19.4. The van der Waals surface area contributed by atoms with Crippen LogP contribution in [0.2, 0.25) is 0 Å². The number of alkyl carbamates (subject to hydrolysis) is 2. The van der Waals surface area contributed by atoms with Crippen LogP contribution in [0.1, 0.15) is 72.8 Å². The summed E-state index contributed by atoms with van der Waals surface area (Å²) in [6.07, 6.45) is -8.10. The normalized spacial score (nSPS) is 31.8. The van der Waals surface area contributed by atoms with Gasteiger partial charge in [-0.05, 0) is 83.7 Å². The zero-order valence-corrected chi connectivity index (χ0v) is 33.9. The Morgan fingerprint density at radius 2 is 1.71 bits per heavy atom. The van der Waals surface area contributed by atoms with E-state index in [9.17, 15) is 44.9 Å². The Balaban J connectivity index is 1.52. The third-order valence-corrected chi connectivity index (χ3v) is 9.99. The number of carbonyl (C=O) groups is 3. The summed E-state index contributed by atoms with van der Waals surface area (Å²) in [7, 11) is 1.55. The number of nitro benzene ring substituents is 1. The molecule has 0 radical (unpaired) electrons. The lowest BCUT2D eigenvalue weighted by Gasteiger charge is -2.49. The third kappa shape index (κ3) is 12.7. The maximum absolute atomic E-state index is 13.0. The zero-order chi connectivity index (χ0) is 42.9. The monoisotopic (exact) mass is 825 g/mol. The number of aliphatic hydroxyl groups is 4. The first-order valence-electron chi connectivity index (χ1n) is 19.4. The van der Waals surface area contributed by atoms with Crippen molar-refractivity contribution in [3.05, 3.63) is 51.8 Å². The number of benzene rings is 1. The van der Waals surface area contributed by atoms with Crippen LogP contribution in [-0.2, 0) is 39.8 Å². The Hall–Kier alpha value is -4.15. The van der Waals surface area contributed by atoms with Crippen LogP contribution in [0.4, 0.5) is 15.3 Å². The molecule has 1 aromatic carbocycles. The first kappa shape index (κ1) is 46.5. The van der Waals surface area contributed by atoms with Crippen molar-refractivity contribution in [3.8, 4) is 0 Å². The average Bonchev–Trinajstić information content (AvgIpc) is 3.14. The summed E-state index contributed by atoms with van der Waals surface area (Å²) in [6.45, 7) is 9.63. The number of nitrogens with zero attached hydrogens (tertiary/aromatic N) is 1. The molecule has 0 bridgehead atoms. The molecule has 8 N–H and O–H groups in total. The van der Waals surface area contributed by atoms with Crippen LogP contribution >= 0.6 is 0 Å². The van der Waals surface area contributed by atoms with E-state index in [1.807, 2.05) is 6.92 Å². The average molecular weight is 826 g/mol. The van der Waals surface area contributed by atoms with Crippen LogP contribution in [0.15, 0.2) is 36.1 Å². The van der Waals surface area contributed by atoms with E-state index < -0.39 is 101 Å². The number of hydrogen-bond acceptors (Lipinski definition) is 16. The van der Waals surface area contributed by atoms with Crippen molar-refractivity contribution in [2.75, 3.05) is 20.2 Å². The van der Waals surface area contributed by atoms with Gasteiger partial charge in [0, 0.05) is 12.1 Å². The Labute approximate surface area is 337 Å². The number of likely N-dealkylation sites (N-methyl/N-ethyl adjacent to an activating group) is 1. The van der Waals surface area contributed by atoms with Crippen LogP contribution in [0.25, 0.3) is 0 Å². The van der Waals surface area contributed by atoms with Gasteiger partial charge in [-0.3, -0.25) is 14.9 Å². The fourth-order valence-corrected chi connectivity index (χ4v) is 7.06. The summed E-state index contributed by atoms with van der Waals surface area (Å²) < 4.78 is 35.3. The van der Waals surface area contributed by atoms with Crippen LogP contribution < -0.4 is 21.3 Å². The van der Waals surface area contributed by atoms with Crippen molar-refractivity contribution in [1.82, 2.24) is 21.3 Å². The number of rotatable bonds is 15. The number of hydrogen-bond donors (Lipinski definition) is 8. The highest BCUT2D eigenvalue weighted by Crippen LogP contribution is 2.35. The molecule has 2 fully saturated rings. The lowest BCUT2D eigenvalue weighted by molar-refractivity contribution is -0.384. The Bertz CT molecular complexity index is 1590. The highest BCUT2D eigenvalue weighted by molar-refractivity contribution is 5.80. The summed E-state index contributed by atoms with van der Waals surface area (Å²) in [5, 5.41) is 66.3. The molecule has 2 aliphatic heterocycles. The van der Waals surface area contributed by atoms with Gasteiger partial charge in [0.15, 0.2) is 6.29 Å². The second-order valence-electron chi connectivity index (χ2n) is 16.1. The molecule has 1 aliphatic carbocycles. The molecule has 1 saturated carbocycles. The van der Waals surface area contributed by atoms with Crippen molar-refractivity contribution in [2.45, 2.75) is 146 Å². The van der Waals surface area contributed by atoms with Crippen LogP contribution in [-0.4, -0.2) is 136 Å². The van der Waals surface area contributed by atoms with E-state index in [1.54, 1.807) is 40.8 Å². The summed E-state index contributed by atoms with van der Waals surface area (Å²) in [5.41, 5.74) is -1.87. The molecule has 20 heteroatoms. The van der Waals surface area contributed by atoms with Gasteiger partial charge in [-0.25, -0.2) is 9.59 Å². The van der Waals surface area contributed by atoms with Gasteiger partial charge < -0.3 is 70.1 Å². The van der Waals surface area contributed by atoms with Crippen LogP contribution in [0.3, 0.4) is 0 Å². The number of carbonyl (C=O) groups excluding carboxylic acids is 3. The molecule has 58 heavy (non-hydrogen) atoms. The molecule has 3 amide bonds. The minimum atomic E-state index is -1.52. The molecule has 0 spiro atoms. The number of non-ortho nitro benzene ring substituents is 1. The zero-order valence-electron chi connectivity index (χ0n) is 33.9. The molecule has 12 atom stereocenters. The van der Waals surface area contributed by atoms with Crippen LogP contribution in [0.5, 0.6) is 0 Å². The van der Waals surface area contributed by atoms with E-state index in [2.05, 4.69) is 21.3 Å². The quantitative estimate of drug-likeness (QED) is 0.0912. The third-order valence-electron chi connectivity index (χ3n) is 9.99.